The molecule has 1 aromatic rings. The van der Waals surface area contributed by atoms with E-state index < -0.39 is 11.8 Å². The largest absolute Gasteiger partial charge is 0.400 e. The van der Waals surface area contributed by atoms with Gasteiger partial charge in [-0.05, 0) is 0 Å². The summed E-state index contributed by atoms with van der Waals surface area (Å²) >= 11 is 12.0. The number of halogens is 2. The van der Waals surface area contributed by atoms with Gasteiger partial charge in [0.05, 0.1) is 21.9 Å². The van der Waals surface area contributed by atoms with Gasteiger partial charge in [0.15, 0.2) is 11.6 Å². The van der Waals surface area contributed by atoms with E-state index in [1.807, 2.05) is 0 Å². The number of benzene rings is 1. The topological polar surface area (TPSA) is 86.2 Å². The number of fused-ring (bicyclic) bond motifs is 2. The zero-order chi connectivity index (χ0) is 14.6. The van der Waals surface area contributed by atoms with Crippen molar-refractivity contribution in [3.63, 3.8) is 0 Å². The number of carbonyl (C=O) groups excluding carboxylic acids is 2. The fourth-order valence-electron chi connectivity index (χ4n) is 2.72. The summed E-state index contributed by atoms with van der Waals surface area (Å²) in [5.41, 5.74) is 12.7. The number of nitrogens with two attached hydrogens (primary N) is 2. The minimum atomic E-state index is -0.868. The van der Waals surface area contributed by atoms with Crippen molar-refractivity contribution in [3.8, 4) is 0 Å². The normalized spacial score (nSPS) is 25.7. The Labute approximate surface area is 125 Å². The first kappa shape index (κ1) is 13.2. The molecule has 2 unspecified atom stereocenters. The molecule has 0 saturated heterocycles. The summed E-state index contributed by atoms with van der Waals surface area (Å²) in [6.07, 6.45) is 0. The molecular weight excluding hydrogens is 299 g/mol. The Morgan fingerprint density at radius 3 is 1.50 bits per heavy atom. The molecule has 4 nitrogen and oxygen atoms in total. The second kappa shape index (κ2) is 4.36. The summed E-state index contributed by atoms with van der Waals surface area (Å²) in [7, 11) is 0. The monoisotopic (exact) mass is 308 g/mol. The van der Waals surface area contributed by atoms with Crippen molar-refractivity contribution in [1.82, 2.24) is 0 Å². The average Bonchev–Trinajstić information content (AvgIpc) is 2.46. The minimum Gasteiger partial charge on any atom is -0.400 e. The predicted octanol–water partition coefficient (Wildman–Crippen LogP) is 2.13. The van der Waals surface area contributed by atoms with Gasteiger partial charge < -0.3 is 11.5 Å². The highest BCUT2D eigenvalue weighted by molar-refractivity contribution is 6.45. The van der Waals surface area contributed by atoms with Crippen molar-refractivity contribution >= 4 is 34.8 Å². The van der Waals surface area contributed by atoms with E-state index in [0.29, 0.717) is 11.1 Å². The first-order valence-corrected chi connectivity index (χ1v) is 6.68. The van der Waals surface area contributed by atoms with Gasteiger partial charge in [0.2, 0.25) is 0 Å². The standard InChI is InChI=1S/C14H10Cl2N2O2/c15-9-10(16)12(18)8-7(11(9)17)13(19)5-3-1-2-4-6(5)14(8)20/h1-4,7-8H,17-18H2. The quantitative estimate of drug-likeness (QED) is 0.768. The highest BCUT2D eigenvalue weighted by atomic mass is 35.5. The van der Waals surface area contributed by atoms with Crippen LogP contribution in [0.3, 0.4) is 0 Å². The molecule has 4 N–H and O–H groups in total. The van der Waals surface area contributed by atoms with E-state index in [4.69, 9.17) is 34.7 Å². The van der Waals surface area contributed by atoms with Gasteiger partial charge >= 0.3 is 0 Å². The fourth-order valence-corrected chi connectivity index (χ4v) is 3.17. The molecule has 0 aliphatic heterocycles. The lowest BCUT2D eigenvalue weighted by Gasteiger charge is -2.35. The van der Waals surface area contributed by atoms with Gasteiger partial charge in [-0.15, -0.1) is 0 Å². The smallest absolute Gasteiger partial charge is 0.173 e. The van der Waals surface area contributed by atoms with Crippen molar-refractivity contribution in [2.75, 3.05) is 0 Å². The summed E-state index contributed by atoms with van der Waals surface area (Å²) in [6, 6.07) is 6.59. The van der Waals surface area contributed by atoms with E-state index >= 15 is 0 Å². The maximum Gasteiger partial charge on any atom is 0.173 e. The van der Waals surface area contributed by atoms with Gasteiger partial charge in [0.25, 0.3) is 0 Å². The van der Waals surface area contributed by atoms with Gasteiger partial charge in [0.1, 0.15) is 0 Å². The molecule has 0 spiro atoms. The van der Waals surface area contributed by atoms with Crippen LogP contribution in [0, 0.1) is 11.8 Å². The second-order valence-electron chi connectivity index (χ2n) is 4.77. The van der Waals surface area contributed by atoms with Crippen LogP contribution in [0.1, 0.15) is 20.7 Å². The number of ketones is 2. The predicted molar refractivity (Wildman–Crippen MR) is 76.2 cm³/mol. The van der Waals surface area contributed by atoms with Crippen molar-refractivity contribution in [2.24, 2.45) is 23.3 Å². The van der Waals surface area contributed by atoms with Crippen LogP contribution < -0.4 is 11.5 Å². The lowest BCUT2D eigenvalue weighted by molar-refractivity contribution is 0.0783. The van der Waals surface area contributed by atoms with E-state index in [-0.39, 0.29) is 33.0 Å². The van der Waals surface area contributed by atoms with Gasteiger partial charge in [-0.1, -0.05) is 47.5 Å². The molecule has 0 aromatic heterocycles. The number of allylic oxidation sites excluding steroid dienone is 4. The summed E-state index contributed by atoms with van der Waals surface area (Å²) in [5.74, 6) is -2.25. The first-order valence-electron chi connectivity index (χ1n) is 5.93. The highest BCUT2D eigenvalue weighted by Gasteiger charge is 2.47. The third-order valence-electron chi connectivity index (χ3n) is 3.73. The van der Waals surface area contributed by atoms with Crippen molar-refractivity contribution in [1.29, 1.82) is 0 Å². The highest BCUT2D eigenvalue weighted by Crippen LogP contribution is 2.44. The molecule has 3 rings (SSSR count). The van der Waals surface area contributed by atoms with Crippen LogP contribution >= 0.6 is 23.2 Å². The molecule has 0 bridgehead atoms. The molecular formula is C14H10Cl2N2O2. The van der Waals surface area contributed by atoms with Crippen LogP contribution in [0.15, 0.2) is 45.7 Å². The molecule has 0 fully saturated rings. The summed E-state index contributed by atoms with van der Waals surface area (Å²) in [4.78, 5) is 25.1. The maximum atomic E-state index is 12.6. The van der Waals surface area contributed by atoms with Gasteiger partial charge in [0, 0.05) is 22.5 Å². The van der Waals surface area contributed by atoms with E-state index in [0.717, 1.165) is 0 Å². The Morgan fingerprint density at radius 1 is 0.800 bits per heavy atom. The molecule has 0 heterocycles. The zero-order valence-electron chi connectivity index (χ0n) is 10.2. The Balaban J connectivity index is 2.29. The molecule has 102 valence electrons. The third kappa shape index (κ3) is 1.55. The van der Waals surface area contributed by atoms with Gasteiger partial charge in [-0.2, -0.15) is 0 Å². The molecule has 2 aliphatic rings. The Hall–Kier alpha value is -1.78. The molecule has 1 aromatic carbocycles. The van der Waals surface area contributed by atoms with Crippen LogP contribution in [0.2, 0.25) is 0 Å². The summed E-state index contributed by atoms with van der Waals surface area (Å²) in [6.45, 7) is 0. The number of rotatable bonds is 0. The van der Waals surface area contributed by atoms with Crippen LogP contribution in [-0.4, -0.2) is 11.6 Å². The lowest BCUT2D eigenvalue weighted by atomic mass is 9.69. The van der Waals surface area contributed by atoms with Gasteiger partial charge in [-0.25, -0.2) is 0 Å². The molecule has 0 radical (unpaired) electrons. The molecule has 2 atom stereocenters. The lowest BCUT2D eigenvalue weighted by Crippen LogP contribution is -2.44. The minimum absolute atomic E-state index is 0.0472. The molecule has 6 heteroatoms. The Bertz CT molecular complexity index is 661. The average molecular weight is 309 g/mol. The fraction of sp³-hybridized carbons (Fsp3) is 0.143. The van der Waals surface area contributed by atoms with E-state index in [1.54, 1.807) is 24.3 Å². The van der Waals surface area contributed by atoms with Crippen molar-refractivity contribution in [2.45, 2.75) is 0 Å². The van der Waals surface area contributed by atoms with E-state index in [1.165, 1.54) is 0 Å². The molecule has 20 heavy (non-hydrogen) atoms. The Morgan fingerprint density at radius 2 is 1.15 bits per heavy atom. The summed E-state index contributed by atoms with van der Waals surface area (Å²) < 4.78 is 0. The van der Waals surface area contributed by atoms with E-state index in [2.05, 4.69) is 0 Å². The van der Waals surface area contributed by atoms with Crippen LogP contribution in [0.25, 0.3) is 0 Å². The maximum absolute atomic E-state index is 12.6. The summed E-state index contributed by atoms with van der Waals surface area (Å²) in [5, 5.41) is 0.0943. The zero-order valence-corrected chi connectivity index (χ0v) is 11.7. The molecule has 0 amide bonds. The molecule has 2 aliphatic carbocycles. The van der Waals surface area contributed by atoms with Crippen molar-refractivity contribution < 1.29 is 9.59 Å². The Kier molecular flexibility index (Phi) is 2.88. The molecule has 0 saturated carbocycles. The van der Waals surface area contributed by atoms with Crippen LogP contribution in [0.5, 0.6) is 0 Å². The number of hydrogen-bond acceptors (Lipinski definition) is 4. The SMILES string of the molecule is NC1=C(Cl)C(Cl)=C(N)C2C(=O)c3ccccc3C(=O)C12. The second-order valence-corrected chi connectivity index (χ2v) is 5.52. The number of carbonyl (C=O) groups is 2. The first-order chi connectivity index (χ1) is 9.45. The van der Waals surface area contributed by atoms with Crippen molar-refractivity contribution in [3.05, 3.63) is 56.9 Å². The van der Waals surface area contributed by atoms with Crippen LogP contribution in [0.4, 0.5) is 0 Å². The number of Topliss-reactive ketones (excluding diaryl/α,β-unsaturated/α-hetero) is 2. The van der Waals surface area contributed by atoms with Gasteiger partial charge in [-0.3, -0.25) is 9.59 Å². The number of hydrogen-bond donors (Lipinski definition) is 2. The van der Waals surface area contributed by atoms with Crippen LogP contribution in [-0.2, 0) is 0 Å². The third-order valence-corrected chi connectivity index (χ3v) is 4.64. The van der Waals surface area contributed by atoms with E-state index in [9.17, 15) is 9.59 Å².